The van der Waals surface area contributed by atoms with Crippen LogP contribution in [0.15, 0.2) is 11.6 Å². The van der Waals surface area contributed by atoms with Crippen molar-refractivity contribution in [3.8, 4) is 12.1 Å². The van der Waals surface area contributed by atoms with Crippen molar-refractivity contribution >= 4 is 11.6 Å². The van der Waals surface area contributed by atoms with Gasteiger partial charge in [-0.3, -0.25) is 0 Å². The third-order valence-electron chi connectivity index (χ3n) is 0.698. The maximum atomic E-state index is 8.17. The Morgan fingerprint density at radius 3 is 2.33 bits per heavy atom. The highest BCUT2D eigenvalue weighted by Gasteiger charge is 1.87. The molecule has 0 aliphatic carbocycles. The van der Waals surface area contributed by atoms with Crippen LogP contribution in [-0.2, 0) is 0 Å². The van der Waals surface area contributed by atoms with Gasteiger partial charge in [0.1, 0.15) is 17.7 Å². The Bertz CT molecular complexity index is 166. The molecule has 0 atom stereocenters. The lowest BCUT2D eigenvalue weighted by Gasteiger charge is -1.79. The summed E-state index contributed by atoms with van der Waals surface area (Å²) in [5.74, 6) is 0.451. The molecule has 0 radical (unpaired) electrons. The SMILES string of the molecule is N#CC(C#N)=CCCCl. The summed E-state index contributed by atoms with van der Waals surface area (Å²) in [6.07, 6.45) is 2.10. The molecule has 0 aliphatic rings. The Morgan fingerprint density at radius 1 is 1.44 bits per heavy atom. The van der Waals surface area contributed by atoms with E-state index in [2.05, 4.69) is 0 Å². The molecule has 0 aliphatic heterocycles. The average molecular weight is 141 g/mol. The topological polar surface area (TPSA) is 47.6 Å². The lowest BCUT2D eigenvalue weighted by Crippen LogP contribution is -1.73. The van der Waals surface area contributed by atoms with E-state index in [9.17, 15) is 0 Å². The van der Waals surface area contributed by atoms with Crippen LogP contribution in [0.1, 0.15) is 6.42 Å². The van der Waals surface area contributed by atoms with Gasteiger partial charge in [-0.25, -0.2) is 0 Å². The molecule has 0 saturated carbocycles. The second-order valence-corrected chi connectivity index (χ2v) is 1.70. The van der Waals surface area contributed by atoms with Crippen molar-refractivity contribution in [1.29, 1.82) is 10.5 Å². The monoisotopic (exact) mass is 140 g/mol. The summed E-state index contributed by atoms with van der Waals surface area (Å²) in [6, 6.07) is 3.46. The van der Waals surface area contributed by atoms with Gasteiger partial charge in [0.15, 0.2) is 0 Å². The molecule has 2 nitrogen and oxygen atoms in total. The molecule has 0 aromatic rings. The number of halogens is 1. The van der Waals surface area contributed by atoms with Crippen molar-refractivity contribution in [2.24, 2.45) is 0 Å². The fourth-order valence-electron chi connectivity index (χ4n) is 0.315. The fraction of sp³-hybridized carbons (Fsp3) is 0.333. The molecule has 0 N–H and O–H groups in total. The minimum atomic E-state index is 0.135. The second kappa shape index (κ2) is 5.15. The minimum Gasteiger partial charge on any atom is -0.192 e. The third-order valence-corrected chi connectivity index (χ3v) is 0.917. The highest BCUT2D eigenvalue weighted by Crippen LogP contribution is 1.93. The molecule has 0 heterocycles. The van der Waals surface area contributed by atoms with Crippen molar-refractivity contribution in [1.82, 2.24) is 0 Å². The Balaban J connectivity index is 3.85. The lowest BCUT2D eigenvalue weighted by atomic mass is 10.3. The van der Waals surface area contributed by atoms with Crippen LogP contribution in [0.4, 0.5) is 0 Å². The van der Waals surface area contributed by atoms with Gasteiger partial charge in [-0.05, 0) is 6.42 Å². The number of allylic oxidation sites excluding steroid dienone is 2. The highest BCUT2D eigenvalue weighted by molar-refractivity contribution is 6.17. The zero-order valence-electron chi connectivity index (χ0n) is 4.76. The van der Waals surface area contributed by atoms with Crippen molar-refractivity contribution in [3.05, 3.63) is 11.6 Å². The highest BCUT2D eigenvalue weighted by atomic mass is 35.5. The largest absolute Gasteiger partial charge is 0.192 e. The molecule has 0 bridgehead atoms. The number of rotatable bonds is 2. The normalized spacial score (nSPS) is 7.00. The molecule has 9 heavy (non-hydrogen) atoms. The molecule has 0 spiro atoms. The summed E-state index contributed by atoms with van der Waals surface area (Å²) in [7, 11) is 0. The summed E-state index contributed by atoms with van der Waals surface area (Å²) >= 11 is 5.30. The minimum absolute atomic E-state index is 0.135. The predicted octanol–water partition coefficient (Wildman–Crippen LogP) is 1.59. The molecule has 0 rings (SSSR count). The molecule has 46 valence electrons. The number of alkyl halides is 1. The lowest BCUT2D eigenvalue weighted by molar-refractivity contribution is 1.22. The first kappa shape index (κ1) is 8.01. The van der Waals surface area contributed by atoms with Gasteiger partial charge in [0.05, 0.1) is 0 Å². The molecule has 0 unspecified atom stereocenters. The van der Waals surface area contributed by atoms with Crippen molar-refractivity contribution in [3.63, 3.8) is 0 Å². The summed E-state index contributed by atoms with van der Waals surface area (Å²) in [4.78, 5) is 0. The smallest absolute Gasteiger partial charge is 0.125 e. The van der Waals surface area contributed by atoms with Crippen molar-refractivity contribution in [2.45, 2.75) is 6.42 Å². The van der Waals surface area contributed by atoms with Gasteiger partial charge in [0.2, 0.25) is 0 Å². The Labute approximate surface area is 59.0 Å². The van der Waals surface area contributed by atoms with Crippen molar-refractivity contribution in [2.75, 3.05) is 5.88 Å². The van der Waals surface area contributed by atoms with Gasteiger partial charge < -0.3 is 0 Å². The van der Waals surface area contributed by atoms with Crippen LogP contribution in [0.3, 0.4) is 0 Å². The van der Waals surface area contributed by atoms with Crippen LogP contribution in [0.5, 0.6) is 0 Å². The van der Waals surface area contributed by atoms with E-state index in [1.807, 2.05) is 0 Å². The quantitative estimate of drug-likeness (QED) is 0.432. The number of hydrogen-bond acceptors (Lipinski definition) is 2. The Kier molecular flexibility index (Phi) is 4.59. The molecule has 0 fully saturated rings. The fourth-order valence-corrected chi connectivity index (χ4v) is 0.424. The van der Waals surface area contributed by atoms with Crippen LogP contribution in [0.25, 0.3) is 0 Å². The molecule has 0 aromatic carbocycles. The van der Waals surface area contributed by atoms with E-state index < -0.39 is 0 Å². The first-order valence-electron chi connectivity index (χ1n) is 2.41. The van der Waals surface area contributed by atoms with Gasteiger partial charge >= 0.3 is 0 Å². The predicted molar refractivity (Wildman–Crippen MR) is 34.6 cm³/mol. The standard InChI is InChI=1S/C6H5ClN2/c7-3-1-2-6(4-8)5-9/h2H,1,3H2. The van der Waals surface area contributed by atoms with Crippen LogP contribution >= 0.6 is 11.6 Å². The maximum absolute atomic E-state index is 8.17. The van der Waals surface area contributed by atoms with E-state index in [1.165, 1.54) is 6.08 Å². The summed E-state index contributed by atoms with van der Waals surface area (Å²) < 4.78 is 0. The average Bonchev–Trinajstić information content (AvgIpc) is 1.91. The van der Waals surface area contributed by atoms with Gasteiger partial charge in [-0.15, -0.1) is 11.6 Å². The van der Waals surface area contributed by atoms with E-state index >= 15 is 0 Å². The second-order valence-electron chi connectivity index (χ2n) is 1.32. The first-order chi connectivity index (χ1) is 4.35. The Morgan fingerprint density at radius 2 is 2.00 bits per heavy atom. The van der Waals surface area contributed by atoms with Crippen molar-refractivity contribution < 1.29 is 0 Å². The molecule has 3 heteroatoms. The molecule has 0 amide bonds. The number of hydrogen-bond donors (Lipinski definition) is 0. The van der Waals surface area contributed by atoms with Crippen LogP contribution in [0, 0.1) is 22.7 Å². The maximum Gasteiger partial charge on any atom is 0.125 e. The number of nitriles is 2. The van der Waals surface area contributed by atoms with Gasteiger partial charge in [0, 0.05) is 5.88 Å². The summed E-state index contributed by atoms with van der Waals surface area (Å²) in [5, 5.41) is 16.3. The molecule has 0 saturated heterocycles. The van der Waals surface area contributed by atoms with Crippen LogP contribution in [-0.4, -0.2) is 5.88 Å². The zero-order valence-corrected chi connectivity index (χ0v) is 5.52. The first-order valence-corrected chi connectivity index (χ1v) is 2.95. The van der Waals surface area contributed by atoms with Gasteiger partial charge in [-0.2, -0.15) is 10.5 Å². The van der Waals surface area contributed by atoms with E-state index in [1.54, 1.807) is 12.1 Å². The molecule has 0 aromatic heterocycles. The number of nitrogens with zero attached hydrogens (tertiary/aromatic N) is 2. The zero-order chi connectivity index (χ0) is 7.11. The van der Waals surface area contributed by atoms with E-state index in [0.717, 1.165) is 0 Å². The third kappa shape index (κ3) is 3.58. The summed E-state index contributed by atoms with van der Waals surface area (Å²) in [5.41, 5.74) is 0.135. The summed E-state index contributed by atoms with van der Waals surface area (Å²) in [6.45, 7) is 0. The van der Waals surface area contributed by atoms with E-state index in [4.69, 9.17) is 22.1 Å². The van der Waals surface area contributed by atoms with Crippen LogP contribution in [0.2, 0.25) is 0 Å². The van der Waals surface area contributed by atoms with E-state index in [0.29, 0.717) is 12.3 Å². The Hall–Kier alpha value is -0.990. The molecular weight excluding hydrogens is 136 g/mol. The molecular formula is C6H5ClN2. The van der Waals surface area contributed by atoms with Gasteiger partial charge in [0.25, 0.3) is 0 Å². The van der Waals surface area contributed by atoms with Crippen LogP contribution < -0.4 is 0 Å². The van der Waals surface area contributed by atoms with Gasteiger partial charge in [-0.1, -0.05) is 6.08 Å². The van der Waals surface area contributed by atoms with E-state index in [-0.39, 0.29) is 5.57 Å².